The number of pyridine rings is 1. The van der Waals surface area contributed by atoms with Gasteiger partial charge in [-0.05, 0) is 24.3 Å². The molecule has 4 nitrogen and oxygen atoms in total. The van der Waals surface area contributed by atoms with Crippen molar-refractivity contribution >= 4 is 20.9 Å². The lowest BCUT2D eigenvalue weighted by atomic mass is 10.2. The molecule has 0 atom stereocenters. The van der Waals surface area contributed by atoms with E-state index in [0.29, 0.717) is 5.52 Å². The van der Waals surface area contributed by atoms with Crippen LogP contribution in [0.2, 0.25) is 0 Å². The maximum atomic E-state index is 13.4. The smallest absolute Gasteiger partial charge is 0.243 e. The van der Waals surface area contributed by atoms with Gasteiger partial charge in [0.2, 0.25) is 10.0 Å². The molecule has 0 fully saturated rings. The molecule has 0 aliphatic rings. The van der Waals surface area contributed by atoms with Crippen LogP contribution in [-0.4, -0.2) is 19.9 Å². The summed E-state index contributed by atoms with van der Waals surface area (Å²) in [5.41, 5.74) is 0.623. The van der Waals surface area contributed by atoms with E-state index in [1.807, 2.05) is 0 Å². The number of hydrogen-bond donors (Lipinski definition) is 1. The second-order valence-corrected chi connectivity index (χ2v) is 6.67. The number of para-hydroxylation sites is 1. The second-order valence-electron chi connectivity index (χ2n) is 4.94. The van der Waals surface area contributed by atoms with E-state index in [1.165, 1.54) is 18.2 Å². The van der Waals surface area contributed by atoms with Crippen LogP contribution in [0.15, 0.2) is 65.7 Å². The molecule has 3 rings (SSSR count). The third kappa shape index (κ3) is 3.43. The summed E-state index contributed by atoms with van der Waals surface area (Å²) in [5.74, 6) is 4.78. The molecule has 2 aromatic carbocycles. The lowest BCUT2D eigenvalue weighted by Gasteiger charge is -2.06. The number of fused-ring (bicyclic) bond motifs is 1. The Balaban J connectivity index is 1.81. The van der Waals surface area contributed by atoms with Crippen molar-refractivity contribution in [3.05, 3.63) is 72.2 Å². The van der Waals surface area contributed by atoms with Gasteiger partial charge in [0.05, 0.1) is 17.6 Å². The summed E-state index contributed by atoms with van der Waals surface area (Å²) in [7, 11) is -3.76. The number of benzene rings is 2. The zero-order chi connectivity index (χ0) is 17.0. The summed E-state index contributed by atoms with van der Waals surface area (Å²) >= 11 is 0. The van der Waals surface area contributed by atoms with Crippen molar-refractivity contribution in [1.82, 2.24) is 9.71 Å². The summed E-state index contributed by atoms with van der Waals surface area (Å²) in [6.45, 7) is -0.125. The van der Waals surface area contributed by atoms with Crippen LogP contribution in [0, 0.1) is 17.7 Å². The van der Waals surface area contributed by atoms with Gasteiger partial charge in [-0.2, -0.15) is 4.72 Å². The highest BCUT2D eigenvalue weighted by molar-refractivity contribution is 7.89. The fourth-order valence-electron chi connectivity index (χ4n) is 2.20. The molecule has 6 heteroatoms. The molecule has 3 aromatic rings. The Morgan fingerprint density at radius 1 is 1.04 bits per heavy atom. The molecule has 0 saturated carbocycles. The summed E-state index contributed by atoms with van der Waals surface area (Å²) in [5, 5.41) is 0.734. The van der Waals surface area contributed by atoms with Crippen molar-refractivity contribution in [1.29, 1.82) is 0 Å². The first-order valence-electron chi connectivity index (χ1n) is 7.15. The Morgan fingerprint density at radius 2 is 1.83 bits per heavy atom. The van der Waals surface area contributed by atoms with Crippen molar-refractivity contribution in [2.75, 3.05) is 6.54 Å². The number of rotatable bonds is 3. The highest BCUT2D eigenvalue weighted by Crippen LogP contribution is 2.20. The minimum atomic E-state index is -3.76. The molecule has 0 aliphatic heterocycles. The molecule has 0 saturated heterocycles. The molecule has 1 heterocycles. The summed E-state index contributed by atoms with van der Waals surface area (Å²) in [6, 6.07) is 14.5. The number of nitrogens with zero attached hydrogens (tertiary/aromatic N) is 1. The van der Waals surface area contributed by atoms with E-state index >= 15 is 0 Å². The van der Waals surface area contributed by atoms with Crippen molar-refractivity contribution in [3.63, 3.8) is 0 Å². The van der Waals surface area contributed by atoms with E-state index < -0.39 is 15.8 Å². The Morgan fingerprint density at radius 3 is 2.67 bits per heavy atom. The number of aromatic nitrogens is 1. The molecule has 1 N–H and O–H groups in total. The number of sulfonamides is 1. The average molecular weight is 340 g/mol. The van der Waals surface area contributed by atoms with Crippen molar-refractivity contribution in [2.24, 2.45) is 0 Å². The molecular formula is C18H13FN2O2S. The van der Waals surface area contributed by atoms with Crippen LogP contribution in [0.4, 0.5) is 4.39 Å². The largest absolute Gasteiger partial charge is 0.255 e. The third-order valence-corrected chi connectivity index (χ3v) is 4.77. The van der Waals surface area contributed by atoms with Gasteiger partial charge in [0.1, 0.15) is 10.7 Å². The van der Waals surface area contributed by atoms with E-state index in [1.54, 1.807) is 42.6 Å². The lowest BCUT2D eigenvalue weighted by Crippen LogP contribution is -2.24. The molecule has 0 unspecified atom stereocenters. The van der Waals surface area contributed by atoms with Crippen LogP contribution in [0.1, 0.15) is 5.56 Å². The first kappa shape index (κ1) is 16.1. The highest BCUT2D eigenvalue weighted by atomic mass is 32.2. The fourth-order valence-corrected chi connectivity index (χ4v) is 3.30. The Hall–Kier alpha value is -2.75. The molecule has 0 amide bonds. The second kappa shape index (κ2) is 6.79. The minimum Gasteiger partial charge on any atom is -0.255 e. The van der Waals surface area contributed by atoms with Gasteiger partial charge in [0.25, 0.3) is 0 Å². The van der Waals surface area contributed by atoms with Gasteiger partial charge in [0, 0.05) is 11.6 Å². The molecule has 24 heavy (non-hydrogen) atoms. The van der Waals surface area contributed by atoms with Crippen molar-refractivity contribution in [2.45, 2.75) is 4.90 Å². The van der Waals surface area contributed by atoms with Crippen LogP contribution < -0.4 is 4.72 Å². The van der Waals surface area contributed by atoms with Crippen LogP contribution >= 0.6 is 0 Å². The van der Waals surface area contributed by atoms with Gasteiger partial charge in [-0.15, -0.1) is 0 Å². The van der Waals surface area contributed by atoms with Crippen LogP contribution in [0.25, 0.3) is 10.9 Å². The van der Waals surface area contributed by atoms with Crippen LogP contribution in [0.5, 0.6) is 0 Å². The molecular weight excluding hydrogens is 327 g/mol. The Bertz CT molecular complexity index is 1050. The van der Waals surface area contributed by atoms with E-state index in [-0.39, 0.29) is 17.0 Å². The standard InChI is InChI=1S/C18H13FN2O2S/c19-16-10-2-1-6-14(16)8-5-13-21-24(22,23)17-11-3-7-15-9-4-12-20-18(15)17/h1-4,6-7,9-12,21H,13H2. The third-order valence-electron chi connectivity index (χ3n) is 3.33. The van der Waals surface area contributed by atoms with Gasteiger partial charge < -0.3 is 0 Å². The number of hydrogen-bond acceptors (Lipinski definition) is 3. The Labute approximate surface area is 139 Å². The number of halogens is 1. The zero-order valence-electron chi connectivity index (χ0n) is 12.5. The quantitative estimate of drug-likeness (QED) is 0.746. The minimum absolute atomic E-state index is 0.0910. The molecule has 0 bridgehead atoms. The molecule has 120 valence electrons. The topological polar surface area (TPSA) is 59.1 Å². The van der Waals surface area contributed by atoms with Gasteiger partial charge in [-0.3, -0.25) is 4.98 Å². The first-order chi connectivity index (χ1) is 11.6. The normalized spacial score (nSPS) is 11.0. The van der Waals surface area contributed by atoms with E-state index in [9.17, 15) is 12.8 Å². The van der Waals surface area contributed by atoms with Crippen LogP contribution in [-0.2, 0) is 10.0 Å². The van der Waals surface area contributed by atoms with Crippen molar-refractivity contribution < 1.29 is 12.8 Å². The monoisotopic (exact) mass is 340 g/mol. The lowest BCUT2D eigenvalue weighted by molar-refractivity contribution is 0.587. The summed E-state index contributed by atoms with van der Waals surface area (Å²) in [4.78, 5) is 4.22. The molecule has 0 spiro atoms. The van der Waals surface area contributed by atoms with Gasteiger partial charge in [0.15, 0.2) is 0 Å². The SMILES string of the molecule is O=S(=O)(NCC#Cc1ccccc1F)c1cccc2cccnc12. The number of nitrogens with one attached hydrogen (secondary N) is 1. The van der Waals surface area contributed by atoms with E-state index in [0.717, 1.165) is 5.39 Å². The van der Waals surface area contributed by atoms with Crippen molar-refractivity contribution in [3.8, 4) is 11.8 Å². The van der Waals surface area contributed by atoms with Gasteiger partial charge in [-0.25, -0.2) is 12.8 Å². The maximum absolute atomic E-state index is 13.4. The van der Waals surface area contributed by atoms with E-state index in [2.05, 4.69) is 21.5 Å². The fraction of sp³-hybridized carbons (Fsp3) is 0.0556. The molecule has 0 aliphatic carbocycles. The Kier molecular flexibility index (Phi) is 4.56. The van der Waals surface area contributed by atoms with Gasteiger partial charge >= 0.3 is 0 Å². The molecule has 0 radical (unpaired) electrons. The summed E-state index contributed by atoms with van der Waals surface area (Å²) in [6.07, 6.45) is 1.54. The average Bonchev–Trinajstić information content (AvgIpc) is 2.59. The highest BCUT2D eigenvalue weighted by Gasteiger charge is 2.16. The van der Waals surface area contributed by atoms with Crippen LogP contribution in [0.3, 0.4) is 0 Å². The van der Waals surface area contributed by atoms with E-state index in [4.69, 9.17) is 0 Å². The summed E-state index contributed by atoms with van der Waals surface area (Å²) < 4.78 is 40.7. The predicted molar refractivity (Wildman–Crippen MR) is 90.2 cm³/mol. The first-order valence-corrected chi connectivity index (χ1v) is 8.63. The predicted octanol–water partition coefficient (Wildman–Crippen LogP) is 2.70. The maximum Gasteiger partial charge on any atom is 0.243 e. The van der Waals surface area contributed by atoms with Gasteiger partial charge in [-0.1, -0.05) is 42.2 Å². The molecule has 1 aromatic heterocycles. The zero-order valence-corrected chi connectivity index (χ0v) is 13.3.